The SMILES string of the molecule is CC(=O)NC1C=CNC=C1. The zero-order valence-corrected chi connectivity index (χ0v) is 5.79. The number of nitrogens with one attached hydrogen (secondary N) is 2. The number of hydrogen-bond donors (Lipinski definition) is 2. The Morgan fingerprint density at radius 1 is 1.50 bits per heavy atom. The molecule has 0 aromatic carbocycles. The molecule has 0 bridgehead atoms. The average molecular weight is 138 g/mol. The number of carbonyl (C=O) groups is 1. The van der Waals surface area contributed by atoms with Crippen molar-refractivity contribution in [2.24, 2.45) is 0 Å². The van der Waals surface area contributed by atoms with Gasteiger partial charge in [0.1, 0.15) is 0 Å². The van der Waals surface area contributed by atoms with Crippen LogP contribution in [0.5, 0.6) is 0 Å². The smallest absolute Gasteiger partial charge is 0.217 e. The second-order valence-electron chi connectivity index (χ2n) is 2.11. The summed E-state index contributed by atoms with van der Waals surface area (Å²) in [7, 11) is 0. The van der Waals surface area contributed by atoms with E-state index in [1.165, 1.54) is 6.92 Å². The van der Waals surface area contributed by atoms with Gasteiger partial charge in [-0.25, -0.2) is 0 Å². The first-order valence-electron chi connectivity index (χ1n) is 3.15. The molecule has 0 fully saturated rings. The molecular weight excluding hydrogens is 128 g/mol. The molecule has 3 heteroatoms. The van der Waals surface area contributed by atoms with E-state index in [2.05, 4.69) is 10.6 Å². The second-order valence-corrected chi connectivity index (χ2v) is 2.11. The van der Waals surface area contributed by atoms with Crippen LogP contribution in [0.15, 0.2) is 24.6 Å². The van der Waals surface area contributed by atoms with Gasteiger partial charge in [0.25, 0.3) is 0 Å². The lowest BCUT2D eigenvalue weighted by molar-refractivity contribution is -0.119. The lowest BCUT2D eigenvalue weighted by atomic mass is 10.2. The van der Waals surface area contributed by atoms with E-state index in [1.54, 1.807) is 12.4 Å². The highest BCUT2D eigenvalue weighted by Gasteiger charge is 2.01. The zero-order chi connectivity index (χ0) is 7.40. The fraction of sp³-hybridized carbons (Fsp3) is 0.286. The topological polar surface area (TPSA) is 41.1 Å². The maximum atomic E-state index is 10.5. The van der Waals surface area contributed by atoms with Crippen LogP contribution in [0.3, 0.4) is 0 Å². The van der Waals surface area contributed by atoms with Gasteiger partial charge in [0.05, 0.1) is 6.04 Å². The lowest BCUT2D eigenvalue weighted by Crippen LogP contribution is -2.31. The molecule has 0 aliphatic carbocycles. The summed E-state index contributed by atoms with van der Waals surface area (Å²) in [4.78, 5) is 10.5. The minimum Gasteiger partial charge on any atom is -0.368 e. The fourth-order valence-corrected chi connectivity index (χ4v) is 0.769. The predicted molar refractivity (Wildman–Crippen MR) is 39.0 cm³/mol. The number of amides is 1. The summed E-state index contributed by atoms with van der Waals surface area (Å²) < 4.78 is 0. The molecule has 0 spiro atoms. The highest BCUT2D eigenvalue weighted by molar-refractivity contribution is 5.73. The van der Waals surface area contributed by atoms with Gasteiger partial charge >= 0.3 is 0 Å². The number of hydrogen-bond acceptors (Lipinski definition) is 2. The Kier molecular flexibility index (Phi) is 2.10. The first-order valence-corrected chi connectivity index (χ1v) is 3.15. The van der Waals surface area contributed by atoms with Crippen LogP contribution in [0.25, 0.3) is 0 Å². The van der Waals surface area contributed by atoms with Crippen molar-refractivity contribution in [3.05, 3.63) is 24.6 Å². The van der Waals surface area contributed by atoms with Crippen LogP contribution in [0.1, 0.15) is 6.92 Å². The van der Waals surface area contributed by atoms with Gasteiger partial charge in [-0.2, -0.15) is 0 Å². The van der Waals surface area contributed by atoms with Crippen LogP contribution in [0.4, 0.5) is 0 Å². The van der Waals surface area contributed by atoms with Gasteiger partial charge in [-0.15, -0.1) is 0 Å². The first-order chi connectivity index (χ1) is 4.79. The minimum absolute atomic E-state index is 0.0128. The van der Waals surface area contributed by atoms with Crippen molar-refractivity contribution in [1.82, 2.24) is 10.6 Å². The van der Waals surface area contributed by atoms with Crippen molar-refractivity contribution in [3.63, 3.8) is 0 Å². The molecule has 0 radical (unpaired) electrons. The number of dihydropyridines is 1. The third kappa shape index (κ3) is 1.93. The third-order valence-electron chi connectivity index (χ3n) is 1.17. The Labute approximate surface area is 59.8 Å². The molecule has 10 heavy (non-hydrogen) atoms. The molecule has 0 saturated heterocycles. The highest BCUT2D eigenvalue weighted by Crippen LogP contribution is 1.92. The van der Waals surface area contributed by atoms with Crippen LogP contribution in [-0.2, 0) is 4.79 Å². The Hall–Kier alpha value is -1.25. The van der Waals surface area contributed by atoms with Gasteiger partial charge in [-0.3, -0.25) is 4.79 Å². The minimum atomic E-state index is -0.0128. The average Bonchev–Trinajstić information content (AvgIpc) is 1.88. The molecule has 0 saturated carbocycles. The van der Waals surface area contributed by atoms with Crippen molar-refractivity contribution in [2.75, 3.05) is 0 Å². The van der Waals surface area contributed by atoms with Crippen LogP contribution >= 0.6 is 0 Å². The largest absolute Gasteiger partial charge is 0.368 e. The first kappa shape index (κ1) is 6.86. The fourth-order valence-electron chi connectivity index (χ4n) is 0.769. The van der Waals surface area contributed by atoms with Crippen molar-refractivity contribution in [2.45, 2.75) is 13.0 Å². The van der Waals surface area contributed by atoms with Crippen molar-refractivity contribution in [1.29, 1.82) is 0 Å². The Morgan fingerprint density at radius 2 is 2.10 bits per heavy atom. The third-order valence-corrected chi connectivity index (χ3v) is 1.17. The van der Waals surface area contributed by atoms with Crippen molar-refractivity contribution in [3.8, 4) is 0 Å². The summed E-state index contributed by atoms with van der Waals surface area (Å²) >= 11 is 0. The van der Waals surface area contributed by atoms with Gasteiger partial charge in [0, 0.05) is 6.92 Å². The van der Waals surface area contributed by atoms with Gasteiger partial charge in [0.2, 0.25) is 5.91 Å². The van der Waals surface area contributed by atoms with E-state index in [4.69, 9.17) is 0 Å². The molecule has 1 aliphatic heterocycles. The van der Waals surface area contributed by atoms with Gasteiger partial charge < -0.3 is 10.6 Å². The quantitative estimate of drug-likeness (QED) is 0.540. The summed E-state index contributed by atoms with van der Waals surface area (Å²) in [6, 6.07) is 0.0544. The Morgan fingerprint density at radius 3 is 2.60 bits per heavy atom. The molecule has 0 aromatic rings. The summed E-state index contributed by atoms with van der Waals surface area (Å²) in [6.07, 6.45) is 7.34. The predicted octanol–water partition coefficient (Wildman–Crippen LogP) is 0.122. The van der Waals surface area contributed by atoms with Crippen LogP contribution in [-0.4, -0.2) is 11.9 Å². The molecule has 54 valence electrons. The number of carbonyl (C=O) groups excluding carboxylic acids is 1. The van der Waals surface area contributed by atoms with Crippen molar-refractivity contribution >= 4 is 5.91 Å². The molecular formula is C7H10N2O. The van der Waals surface area contributed by atoms with Gasteiger partial charge in [-0.1, -0.05) is 0 Å². The molecule has 3 nitrogen and oxygen atoms in total. The summed E-state index contributed by atoms with van der Waals surface area (Å²) in [6.45, 7) is 1.50. The molecule has 2 N–H and O–H groups in total. The van der Waals surface area contributed by atoms with E-state index >= 15 is 0 Å². The highest BCUT2D eigenvalue weighted by atomic mass is 16.1. The van der Waals surface area contributed by atoms with E-state index in [0.29, 0.717) is 0 Å². The second kappa shape index (κ2) is 3.06. The maximum absolute atomic E-state index is 10.5. The Bertz CT molecular complexity index is 172. The Balaban J connectivity index is 2.40. The molecule has 0 aromatic heterocycles. The number of rotatable bonds is 1. The normalized spacial score (nSPS) is 16.5. The molecule has 0 atom stereocenters. The van der Waals surface area contributed by atoms with E-state index in [-0.39, 0.29) is 11.9 Å². The summed E-state index contributed by atoms with van der Waals surface area (Å²) in [5, 5.41) is 5.60. The monoisotopic (exact) mass is 138 g/mol. The van der Waals surface area contributed by atoms with Gasteiger partial charge in [-0.05, 0) is 24.6 Å². The van der Waals surface area contributed by atoms with Crippen molar-refractivity contribution < 1.29 is 4.79 Å². The summed E-state index contributed by atoms with van der Waals surface area (Å²) in [5.74, 6) is -0.0128. The molecule has 1 heterocycles. The van der Waals surface area contributed by atoms with Crippen LogP contribution < -0.4 is 10.6 Å². The van der Waals surface area contributed by atoms with E-state index in [0.717, 1.165) is 0 Å². The van der Waals surface area contributed by atoms with Crippen LogP contribution in [0.2, 0.25) is 0 Å². The van der Waals surface area contributed by atoms with Gasteiger partial charge in [0.15, 0.2) is 0 Å². The van der Waals surface area contributed by atoms with E-state index in [9.17, 15) is 4.79 Å². The lowest BCUT2D eigenvalue weighted by Gasteiger charge is -2.11. The standard InChI is InChI=1S/C7H10N2O/c1-6(10)9-7-2-4-8-5-3-7/h2-5,7-8H,1H3,(H,9,10). The van der Waals surface area contributed by atoms with E-state index in [1.807, 2.05) is 12.2 Å². The zero-order valence-electron chi connectivity index (χ0n) is 5.79. The molecule has 1 amide bonds. The maximum Gasteiger partial charge on any atom is 0.217 e. The summed E-state index contributed by atoms with van der Waals surface area (Å²) in [5.41, 5.74) is 0. The van der Waals surface area contributed by atoms with Crippen LogP contribution in [0, 0.1) is 0 Å². The van der Waals surface area contributed by atoms with E-state index < -0.39 is 0 Å². The molecule has 1 rings (SSSR count). The molecule has 1 aliphatic rings. The molecule has 0 unspecified atom stereocenters.